The molecule has 0 bridgehead atoms. The van der Waals surface area contributed by atoms with Crippen LogP contribution in [-0.2, 0) is 4.79 Å². The Kier molecular flexibility index (Phi) is 12.7. The van der Waals surface area contributed by atoms with Gasteiger partial charge in [-0.3, -0.25) is 4.79 Å². The Morgan fingerprint density at radius 1 is 1.14 bits per heavy atom. The molecule has 0 saturated heterocycles. The van der Waals surface area contributed by atoms with Gasteiger partial charge in [0.15, 0.2) is 0 Å². The molecule has 0 aromatic carbocycles. The van der Waals surface area contributed by atoms with E-state index in [4.69, 9.17) is 5.73 Å². The molecular weight excluding hydrogens is 262 g/mol. The van der Waals surface area contributed by atoms with E-state index in [-0.39, 0.29) is 11.9 Å². The van der Waals surface area contributed by atoms with Crippen molar-refractivity contribution in [2.24, 2.45) is 11.7 Å². The van der Waals surface area contributed by atoms with Gasteiger partial charge < -0.3 is 16.0 Å². The van der Waals surface area contributed by atoms with Gasteiger partial charge in [-0.2, -0.15) is 0 Å². The minimum absolute atomic E-state index is 0.195. The normalized spacial score (nSPS) is 14.2. The molecule has 0 aliphatic rings. The maximum absolute atomic E-state index is 11.9. The van der Waals surface area contributed by atoms with Crippen LogP contribution in [0.1, 0.15) is 66.2 Å². The maximum atomic E-state index is 11.9. The zero-order chi connectivity index (χ0) is 16.1. The quantitative estimate of drug-likeness (QED) is 0.550. The Balaban J connectivity index is 3.78. The van der Waals surface area contributed by atoms with Gasteiger partial charge in [-0.1, -0.05) is 27.2 Å². The van der Waals surface area contributed by atoms with E-state index in [0.29, 0.717) is 12.3 Å². The van der Waals surface area contributed by atoms with Crippen molar-refractivity contribution in [3.8, 4) is 0 Å². The standard InChI is InChI=1S/C17H37N3O/c1-5-16(12-13-18)10-11-17(21)19-15(4)9-8-14-20(6-2)7-3/h15-16H,5-14,18H2,1-4H3,(H,19,21). The minimum Gasteiger partial charge on any atom is -0.354 e. The third-order valence-corrected chi connectivity index (χ3v) is 4.35. The lowest BCUT2D eigenvalue weighted by atomic mass is 9.96. The molecule has 0 rings (SSSR count). The summed E-state index contributed by atoms with van der Waals surface area (Å²) in [6.07, 6.45) is 5.95. The van der Waals surface area contributed by atoms with Gasteiger partial charge in [0.25, 0.3) is 0 Å². The van der Waals surface area contributed by atoms with Gasteiger partial charge in [0.05, 0.1) is 0 Å². The van der Waals surface area contributed by atoms with Crippen LogP contribution in [0.2, 0.25) is 0 Å². The Morgan fingerprint density at radius 2 is 1.81 bits per heavy atom. The zero-order valence-electron chi connectivity index (χ0n) is 14.7. The van der Waals surface area contributed by atoms with Crippen molar-refractivity contribution in [1.29, 1.82) is 0 Å². The molecule has 126 valence electrons. The molecule has 0 aromatic rings. The summed E-state index contributed by atoms with van der Waals surface area (Å²) in [4.78, 5) is 14.4. The molecule has 0 saturated carbocycles. The fourth-order valence-electron chi connectivity index (χ4n) is 2.70. The molecule has 0 aromatic heterocycles. The van der Waals surface area contributed by atoms with Crippen molar-refractivity contribution in [3.05, 3.63) is 0 Å². The minimum atomic E-state index is 0.195. The predicted octanol–water partition coefficient (Wildman–Crippen LogP) is 2.77. The highest BCUT2D eigenvalue weighted by molar-refractivity contribution is 5.76. The van der Waals surface area contributed by atoms with Crippen molar-refractivity contribution in [2.75, 3.05) is 26.2 Å². The number of nitrogens with one attached hydrogen (secondary N) is 1. The average Bonchev–Trinajstić information content (AvgIpc) is 2.47. The van der Waals surface area contributed by atoms with Gasteiger partial charge in [-0.15, -0.1) is 0 Å². The number of hydrogen-bond donors (Lipinski definition) is 2. The molecule has 0 heterocycles. The molecule has 0 spiro atoms. The first-order valence-electron chi connectivity index (χ1n) is 8.78. The highest BCUT2D eigenvalue weighted by atomic mass is 16.1. The molecule has 0 fully saturated rings. The van der Waals surface area contributed by atoms with E-state index in [1.165, 1.54) is 0 Å². The van der Waals surface area contributed by atoms with Crippen LogP contribution in [0, 0.1) is 5.92 Å². The van der Waals surface area contributed by atoms with Gasteiger partial charge in [-0.25, -0.2) is 0 Å². The lowest BCUT2D eigenvalue weighted by Crippen LogP contribution is -2.33. The molecule has 0 aliphatic carbocycles. The summed E-state index contributed by atoms with van der Waals surface area (Å²) in [6, 6.07) is 0.280. The monoisotopic (exact) mass is 299 g/mol. The van der Waals surface area contributed by atoms with E-state index in [1.807, 2.05) is 0 Å². The summed E-state index contributed by atoms with van der Waals surface area (Å²) in [5.74, 6) is 0.791. The van der Waals surface area contributed by atoms with Crippen LogP contribution in [-0.4, -0.2) is 43.0 Å². The molecule has 0 aliphatic heterocycles. The highest BCUT2D eigenvalue weighted by Gasteiger charge is 2.11. The Bertz CT molecular complexity index is 254. The fourth-order valence-corrected chi connectivity index (χ4v) is 2.70. The van der Waals surface area contributed by atoms with Crippen LogP contribution in [0.15, 0.2) is 0 Å². The van der Waals surface area contributed by atoms with E-state index in [9.17, 15) is 4.79 Å². The molecule has 21 heavy (non-hydrogen) atoms. The third kappa shape index (κ3) is 10.7. The molecule has 2 unspecified atom stereocenters. The molecule has 3 N–H and O–H groups in total. The van der Waals surface area contributed by atoms with Crippen LogP contribution in [0.4, 0.5) is 0 Å². The molecule has 4 nitrogen and oxygen atoms in total. The molecular formula is C17H37N3O. The van der Waals surface area contributed by atoms with Gasteiger partial charge in [-0.05, 0) is 64.7 Å². The SMILES string of the molecule is CCC(CCN)CCC(=O)NC(C)CCCN(CC)CC. The summed E-state index contributed by atoms with van der Waals surface area (Å²) >= 11 is 0. The van der Waals surface area contributed by atoms with Crippen molar-refractivity contribution in [1.82, 2.24) is 10.2 Å². The Morgan fingerprint density at radius 3 is 2.33 bits per heavy atom. The number of carbonyl (C=O) groups excluding carboxylic acids is 1. The molecule has 1 amide bonds. The summed E-state index contributed by atoms with van der Waals surface area (Å²) < 4.78 is 0. The largest absolute Gasteiger partial charge is 0.354 e. The lowest BCUT2D eigenvalue weighted by Gasteiger charge is -2.20. The van der Waals surface area contributed by atoms with Gasteiger partial charge in [0, 0.05) is 12.5 Å². The van der Waals surface area contributed by atoms with Crippen molar-refractivity contribution in [2.45, 2.75) is 72.3 Å². The van der Waals surface area contributed by atoms with E-state index < -0.39 is 0 Å². The number of nitrogens with zero attached hydrogens (tertiary/aromatic N) is 1. The number of carbonyl (C=O) groups is 1. The van der Waals surface area contributed by atoms with E-state index in [1.54, 1.807) is 0 Å². The van der Waals surface area contributed by atoms with Gasteiger partial charge >= 0.3 is 0 Å². The predicted molar refractivity (Wildman–Crippen MR) is 91.3 cm³/mol. The maximum Gasteiger partial charge on any atom is 0.220 e. The van der Waals surface area contributed by atoms with Crippen molar-refractivity contribution >= 4 is 5.91 Å². The number of amides is 1. The second kappa shape index (κ2) is 13.1. The van der Waals surface area contributed by atoms with Crippen molar-refractivity contribution < 1.29 is 4.79 Å². The first kappa shape index (κ1) is 20.4. The van der Waals surface area contributed by atoms with Crippen LogP contribution >= 0.6 is 0 Å². The fraction of sp³-hybridized carbons (Fsp3) is 0.941. The first-order chi connectivity index (χ1) is 10.1. The number of hydrogen-bond acceptors (Lipinski definition) is 3. The number of nitrogens with two attached hydrogens (primary N) is 1. The third-order valence-electron chi connectivity index (χ3n) is 4.35. The van der Waals surface area contributed by atoms with Crippen LogP contribution in [0.25, 0.3) is 0 Å². The number of rotatable bonds is 13. The first-order valence-corrected chi connectivity index (χ1v) is 8.78. The van der Waals surface area contributed by atoms with Crippen LogP contribution < -0.4 is 11.1 Å². The van der Waals surface area contributed by atoms with Crippen LogP contribution in [0.3, 0.4) is 0 Å². The average molecular weight is 300 g/mol. The molecule has 4 heteroatoms. The Hall–Kier alpha value is -0.610. The second-order valence-corrected chi connectivity index (χ2v) is 6.03. The highest BCUT2D eigenvalue weighted by Crippen LogP contribution is 2.14. The van der Waals surface area contributed by atoms with Crippen molar-refractivity contribution in [3.63, 3.8) is 0 Å². The van der Waals surface area contributed by atoms with Crippen LogP contribution in [0.5, 0.6) is 0 Å². The van der Waals surface area contributed by atoms with E-state index in [0.717, 1.165) is 58.3 Å². The summed E-state index contributed by atoms with van der Waals surface area (Å²) in [5, 5.41) is 3.12. The van der Waals surface area contributed by atoms with Gasteiger partial charge in [0.2, 0.25) is 5.91 Å². The lowest BCUT2D eigenvalue weighted by molar-refractivity contribution is -0.122. The van der Waals surface area contributed by atoms with Gasteiger partial charge in [0.1, 0.15) is 0 Å². The topological polar surface area (TPSA) is 58.4 Å². The molecule has 2 atom stereocenters. The molecule has 0 radical (unpaired) electrons. The zero-order valence-corrected chi connectivity index (χ0v) is 14.7. The summed E-state index contributed by atoms with van der Waals surface area (Å²) in [6.45, 7) is 12.7. The summed E-state index contributed by atoms with van der Waals surface area (Å²) in [7, 11) is 0. The Labute approximate surface area is 131 Å². The second-order valence-electron chi connectivity index (χ2n) is 6.03. The smallest absolute Gasteiger partial charge is 0.220 e. The van der Waals surface area contributed by atoms with E-state index in [2.05, 4.69) is 37.9 Å². The summed E-state index contributed by atoms with van der Waals surface area (Å²) in [5.41, 5.74) is 5.59. The van der Waals surface area contributed by atoms with E-state index >= 15 is 0 Å².